The van der Waals surface area contributed by atoms with E-state index in [1.807, 2.05) is 0 Å². The third kappa shape index (κ3) is 4.42. The molecule has 0 spiro atoms. The Morgan fingerprint density at radius 1 is 1.35 bits per heavy atom. The Morgan fingerprint density at radius 3 is 2.65 bits per heavy atom. The highest BCUT2D eigenvalue weighted by Gasteiger charge is 2.16. The van der Waals surface area contributed by atoms with Crippen molar-refractivity contribution in [1.82, 2.24) is 5.32 Å². The minimum absolute atomic E-state index is 0.0940. The maximum Gasteiger partial charge on any atom is 0.310 e. The number of carbonyl (C=O) groups excluding carboxylic acids is 2. The normalized spacial score (nSPS) is 11.6. The number of hydrogen-bond acceptors (Lipinski definition) is 4. The zero-order valence-electron chi connectivity index (χ0n) is 11.7. The van der Waals surface area contributed by atoms with Crippen molar-refractivity contribution < 1.29 is 19.1 Å². The van der Waals surface area contributed by atoms with Crippen molar-refractivity contribution >= 4 is 23.5 Å². The molecule has 0 saturated carbocycles. The van der Waals surface area contributed by atoms with Crippen LogP contribution in [0.3, 0.4) is 0 Å². The Hall–Kier alpha value is -1.75. The van der Waals surface area contributed by atoms with E-state index in [9.17, 15) is 9.59 Å². The van der Waals surface area contributed by atoms with E-state index in [1.165, 1.54) is 14.2 Å². The van der Waals surface area contributed by atoms with Crippen molar-refractivity contribution in [3.05, 3.63) is 28.8 Å². The molecule has 5 nitrogen and oxygen atoms in total. The molecule has 1 aromatic rings. The van der Waals surface area contributed by atoms with Gasteiger partial charge in [0, 0.05) is 17.1 Å². The minimum Gasteiger partial charge on any atom is -0.496 e. The van der Waals surface area contributed by atoms with Gasteiger partial charge in [-0.25, -0.2) is 0 Å². The standard InChI is InChI=1S/C14H18ClNO4/c1-9(14(18)20-3)8-16-13(17)7-10-11(15)5-4-6-12(10)19-2/h4-6,9H,7-8H2,1-3H3,(H,16,17). The summed E-state index contributed by atoms with van der Waals surface area (Å²) in [5.41, 5.74) is 0.625. The van der Waals surface area contributed by atoms with E-state index >= 15 is 0 Å². The molecule has 0 saturated heterocycles. The van der Waals surface area contributed by atoms with Gasteiger partial charge in [-0.2, -0.15) is 0 Å². The highest BCUT2D eigenvalue weighted by molar-refractivity contribution is 6.31. The van der Waals surface area contributed by atoms with Crippen LogP contribution in [0.5, 0.6) is 5.75 Å². The molecule has 1 amide bonds. The molecule has 0 bridgehead atoms. The van der Waals surface area contributed by atoms with Crippen LogP contribution in [0.2, 0.25) is 5.02 Å². The molecule has 1 N–H and O–H groups in total. The molecule has 1 atom stereocenters. The largest absolute Gasteiger partial charge is 0.496 e. The van der Waals surface area contributed by atoms with E-state index in [0.29, 0.717) is 16.3 Å². The number of amides is 1. The zero-order chi connectivity index (χ0) is 15.1. The molecule has 0 aliphatic heterocycles. The summed E-state index contributed by atoms with van der Waals surface area (Å²) in [5, 5.41) is 3.14. The highest BCUT2D eigenvalue weighted by atomic mass is 35.5. The number of methoxy groups -OCH3 is 2. The summed E-state index contributed by atoms with van der Waals surface area (Å²) < 4.78 is 9.76. The van der Waals surface area contributed by atoms with E-state index in [2.05, 4.69) is 10.1 Å². The van der Waals surface area contributed by atoms with Gasteiger partial charge < -0.3 is 14.8 Å². The second-order valence-electron chi connectivity index (χ2n) is 4.33. The summed E-state index contributed by atoms with van der Waals surface area (Å²) >= 11 is 6.05. The molecule has 0 aliphatic carbocycles. The molecule has 1 rings (SSSR count). The summed E-state index contributed by atoms with van der Waals surface area (Å²) in [7, 11) is 2.83. The van der Waals surface area contributed by atoms with Gasteiger partial charge in [-0.1, -0.05) is 24.6 Å². The van der Waals surface area contributed by atoms with Crippen LogP contribution < -0.4 is 10.1 Å². The number of ether oxygens (including phenoxy) is 2. The fourth-order valence-corrected chi connectivity index (χ4v) is 1.91. The molecule has 20 heavy (non-hydrogen) atoms. The summed E-state index contributed by atoms with van der Waals surface area (Å²) in [6, 6.07) is 5.19. The molecule has 0 aliphatic rings. The lowest BCUT2D eigenvalue weighted by Gasteiger charge is -2.12. The third-order valence-corrected chi connectivity index (χ3v) is 3.20. The fourth-order valence-electron chi connectivity index (χ4n) is 1.68. The van der Waals surface area contributed by atoms with Crippen LogP contribution in [0.25, 0.3) is 0 Å². The average molecular weight is 300 g/mol. The third-order valence-electron chi connectivity index (χ3n) is 2.84. The monoisotopic (exact) mass is 299 g/mol. The second-order valence-corrected chi connectivity index (χ2v) is 4.73. The lowest BCUT2D eigenvalue weighted by atomic mass is 10.1. The molecule has 1 unspecified atom stereocenters. The summed E-state index contributed by atoms with van der Waals surface area (Å²) in [6.45, 7) is 1.90. The Bertz CT molecular complexity index is 490. The van der Waals surface area contributed by atoms with Crippen molar-refractivity contribution in [2.24, 2.45) is 5.92 Å². The molecular formula is C14H18ClNO4. The quantitative estimate of drug-likeness (QED) is 0.814. The molecule has 0 aromatic heterocycles. The molecule has 0 radical (unpaired) electrons. The number of rotatable bonds is 6. The molecule has 0 heterocycles. The number of hydrogen-bond donors (Lipinski definition) is 1. The van der Waals surface area contributed by atoms with Gasteiger partial charge >= 0.3 is 5.97 Å². The van der Waals surface area contributed by atoms with Crippen LogP contribution in [0.4, 0.5) is 0 Å². The van der Waals surface area contributed by atoms with Gasteiger partial charge in [-0.15, -0.1) is 0 Å². The van der Waals surface area contributed by atoms with Crippen LogP contribution in [-0.4, -0.2) is 32.6 Å². The summed E-state index contributed by atoms with van der Waals surface area (Å²) in [6.07, 6.45) is 0.0940. The topological polar surface area (TPSA) is 64.6 Å². The zero-order valence-corrected chi connectivity index (χ0v) is 12.5. The smallest absolute Gasteiger partial charge is 0.310 e. The van der Waals surface area contributed by atoms with Gasteiger partial charge in [0.05, 0.1) is 26.6 Å². The van der Waals surface area contributed by atoms with Gasteiger partial charge in [-0.3, -0.25) is 9.59 Å². The van der Waals surface area contributed by atoms with Crippen LogP contribution in [0.15, 0.2) is 18.2 Å². The van der Waals surface area contributed by atoms with Crippen molar-refractivity contribution in [2.45, 2.75) is 13.3 Å². The van der Waals surface area contributed by atoms with Crippen molar-refractivity contribution in [3.63, 3.8) is 0 Å². The van der Waals surface area contributed by atoms with Crippen LogP contribution in [0, 0.1) is 5.92 Å². The Balaban J connectivity index is 2.61. The van der Waals surface area contributed by atoms with Gasteiger partial charge in [0.1, 0.15) is 5.75 Å². The van der Waals surface area contributed by atoms with Gasteiger partial charge in [0.25, 0.3) is 0 Å². The average Bonchev–Trinajstić information content (AvgIpc) is 2.45. The van der Waals surface area contributed by atoms with E-state index in [1.54, 1.807) is 25.1 Å². The number of esters is 1. The second kappa shape index (κ2) is 7.75. The van der Waals surface area contributed by atoms with E-state index in [4.69, 9.17) is 16.3 Å². The molecular weight excluding hydrogens is 282 g/mol. The first-order valence-electron chi connectivity index (χ1n) is 6.15. The van der Waals surface area contributed by atoms with E-state index in [0.717, 1.165) is 0 Å². The van der Waals surface area contributed by atoms with Gasteiger partial charge in [-0.05, 0) is 12.1 Å². The van der Waals surface area contributed by atoms with Gasteiger partial charge in [0.15, 0.2) is 0 Å². The number of nitrogens with one attached hydrogen (secondary N) is 1. The maximum absolute atomic E-state index is 11.9. The summed E-state index contributed by atoms with van der Waals surface area (Å²) in [4.78, 5) is 23.1. The van der Waals surface area contributed by atoms with Crippen molar-refractivity contribution in [3.8, 4) is 5.75 Å². The highest BCUT2D eigenvalue weighted by Crippen LogP contribution is 2.26. The number of halogens is 1. The van der Waals surface area contributed by atoms with Crippen molar-refractivity contribution in [2.75, 3.05) is 20.8 Å². The SMILES string of the molecule is COC(=O)C(C)CNC(=O)Cc1c(Cl)cccc1OC. The molecule has 1 aromatic carbocycles. The Labute approximate surface area is 123 Å². The van der Waals surface area contributed by atoms with E-state index < -0.39 is 5.92 Å². The Morgan fingerprint density at radius 2 is 2.05 bits per heavy atom. The predicted octanol–water partition coefficient (Wildman–Crippen LogP) is 1.82. The van der Waals surface area contributed by atoms with Crippen molar-refractivity contribution in [1.29, 1.82) is 0 Å². The lowest BCUT2D eigenvalue weighted by Crippen LogP contribution is -2.33. The van der Waals surface area contributed by atoms with Crippen LogP contribution in [-0.2, 0) is 20.7 Å². The maximum atomic E-state index is 11.9. The fraction of sp³-hybridized carbons (Fsp3) is 0.429. The summed E-state index contributed by atoms with van der Waals surface area (Å²) in [5.74, 6) is -0.418. The van der Waals surface area contributed by atoms with E-state index in [-0.39, 0.29) is 24.8 Å². The first-order valence-corrected chi connectivity index (χ1v) is 6.53. The van der Waals surface area contributed by atoms with Crippen LogP contribution in [0.1, 0.15) is 12.5 Å². The number of benzene rings is 1. The number of carbonyl (C=O) groups is 2. The van der Waals surface area contributed by atoms with Crippen LogP contribution >= 0.6 is 11.6 Å². The van der Waals surface area contributed by atoms with Gasteiger partial charge in [0.2, 0.25) is 5.91 Å². The Kier molecular flexibility index (Phi) is 6.31. The first kappa shape index (κ1) is 16.3. The first-order chi connectivity index (χ1) is 9.49. The lowest BCUT2D eigenvalue weighted by molar-refractivity contribution is -0.144. The molecule has 6 heteroatoms. The molecule has 0 fully saturated rings. The predicted molar refractivity (Wildman–Crippen MR) is 75.9 cm³/mol. The molecule has 110 valence electrons. The minimum atomic E-state index is -0.392.